The standard InChI is InChI=1S/C15H25N3O2/c1-3-12(4-2)17(7-8-19)15(20)14-9-11(16)10-18(14)13-5-6-13/h9-10,12-13,19H,3-8,16H2,1-2H3. The fourth-order valence-corrected chi connectivity index (χ4v) is 2.76. The number of nitrogen functional groups attached to an aromatic ring is 1. The van der Waals surface area contributed by atoms with Gasteiger partial charge in [0, 0.05) is 24.8 Å². The zero-order chi connectivity index (χ0) is 14.7. The third-order valence-electron chi connectivity index (χ3n) is 4.01. The van der Waals surface area contributed by atoms with Gasteiger partial charge in [-0.1, -0.05) is 13.8 Å². The molecule has 1 heterocycles. The van der Waals surface area contributed by atoms with E-state index in [1.807, 2.05) is 10.8 Å². The van der Waals surface area contributed by atoms with Crippen molar-refractivity contribution in [1.29, 1.82) is 0 Å². The Morgan fingerprint density at radius 1 is 1.50 bits per heavy atom. The number of hydrogen-bond donors (Lipinski definition) is 2. The molecule has 0 radical (unpaired) electrons. The van der Waals surface area contributed by atoms with Gasteiger partial charge in [0.25, 0.3) is 5.91 Å². The second-order valence-corrected chi connectivity index (χ2v) is 5.49. The maximum atomic E-state index is 12.8. The Bertz CT molecular complexity index is 462. The van der Waals surface area contributed by atoms with Crippen LogP contribution < -0.4 is 5.73 Å². The summed E-state index contributed by atoms with van der Waals surface area (Å²) in [6, 6.07) is 2.34. The van der Waals surface area contributed by atoms with Gasteiger partial charge in [0.05, 0.1) is 12.3 Å². The van der Waals surface area contributed by atoms with E-state index in [4.69, 9.17) is 5.73 Å². The number of aliphatic hydroxyl groups excluding tert-OH is 1. The number of amides is 1. The summed E-state index contributed by atoms with van der Waals surface area (Å²) >= 11 is 0. The number of rotatable bonds is 7. The molecule has 0 spiro atoms. The number of carbonyl (C=O) groups is 1. The molecule has 1 saturated carbocycles. The van der Waals surface area contributed by atoms with Crippen molar-refractivity contribution < 1.29 is 9.90 Å². The Kier molecular flexibility index (Phi) is 4.70. The summed E-state index contributed by atoms with van der Waals surface area (Å²) in [6.45, 7) is 4.50. The minimum absolute atomic E-state index is 0.0120. The SMILES string of the molecule is CCC(CC)N(CCO)C(=O)c1cc(N)cn1C1CC1. The molecule has 1 aromatic heterocycles. The lowest BCUT2D eigenvalue weighted by Gasteiger charge is -2.30. The number of nitrogens with zero attached hydrogens (tertiary/aromatic N) is 2. The monoisotopic (exact) mass is 279 g/mol. The van der Waals surface area contributed by atoms with Gasteiger partial charge >= 0.3 is 0 Å². The fraction of sp³-hybridized carbons (Fsp3) is 0.667. The summed E-state index contributed by atoms with van der Waals surface area (Å²) in [5.41, 5.74) is 7.15. The quantitative estimate of drug-likeness (QED) is 0.802. The first-order valence-electron chi connectivity index (χ1n) is 7.51. The van der Waals surface area contributed by atoms with E-state index in [1.165, 1.54) is 0 Å². The third-order valence-corrected chi connectivity index (χ3v) is 4.01. The fourth-order valence-electron chi connectivity index (χ4n) is 2.76. The van der Waals surface area contributed by atoms with Crippen LogP contribution in [0, 0.1) is 0 Å². The largest absolute Gasteiger partial charge is 0.397 e. The molecule has 112 valence electrons. The second kappa shape index (κ2) is 6.31. The highest BCUT2D eigenvalue weighted by Gasteiger charge is 2.30. The van der Waals surface area contributed by atoms with Crippen LogP contribution >= 0.6 is 0 Å². The maximum Gasteiger partial charge on any atom is 0.270 e. The smallest absolute Gasteiger partial charge is 0.270 e. The van der Waals surface area contributed by atoms with Crippen molar-refractivity contribution in [1.82, 2.24) is 9.47 Å². The van der Waals surface area contributed by atoms with Crippen LogP contribution in [-0.2, 0) is 0 Å². The molecular weight excluding hydrogens is 254 g/mol. The van der Waals surface area contributed by atoms with Crippen LogP contribution in [-0.4, -0.2) is 39.7 Å². The molecule has 0 atom stereocenters. The van der Waals surface area contributed by atoms with E-state index in [9.17, 15) is 9.90 Å². The van der Waals surface area contributed by atoms with Crippen LogP contribution in [0.3, 0.4) is 0 Å². The van der Waals surface area contributed by atoms with Gasteiger partial charge in [0.2, 0.25) is 0 Å². The van der Waals surface area contributed by atoms with Crippen molar-refractivity contribution in [2.75, 3.05) is 18.9 Å². The van der Waals surface area contributed by atoms with Crippen molar-refractivity contribution in [3.05, 3.63) is 18.0 Å². The van der Waals surface area contributed by atoms with Gasteiger partial charge in [-0.3, -0.25) is 4.79 Å². The van der Waals surface area contributed by atoms with Crippen LogP contribution in [0.25, 0.3) is 0 Å². The van der Waals surface area contributed by atoms with E-state index in [0.29, 0.717) is 24.0 Å². The van der Waals surface area contributed by atoms with Gasteiger partial charge in [0.15, 0.2) is 0 Å². The molecule has 0 aliphatic heterocycles. The molecule has 1 fully saturated rings. The van der Waals surface area contributed by atoms with Crippen LogP contribution in [0.1, 0.15) is 56.1 Å². The van der Waals surface area contributed by atoms with E-state index in [-0.39, 0.29) is 18.6 Å². The Morgan fingerprint density at radius 3 is 2.65 bits per heavy atom. The van der Waals surface area contributed by atoms with E-state index in [0.717, 1.165) is 25.7 Å². The Balaban J connectivity index is 2.26. The average Bonchev–Trinajstić information content (AvgIpc) is 3.21. The van der Waals surface area contributed by atoms with Crippen LogP contribution in [0.15, 0.2) is 12.3 Å². The Hall–Kier alpha value is -1.49. The first-order chi connectivity index (χ1) is 9.62. The van der Waals surface area contributed by atoms with E-state index >= 15 is 0 Å². The highest BCUT2D eigenvalue weighted by molar-refractivity contribution is 5.94. The number of carbonyl (C=O) groups excluding carboxylic acids is 1. The van der Waals surface area contributed by atoms with Crippen LogP contribution in [0.5, 0.6) is 0 Å². The van der Waals surface area contributed by atoms with Gasteiger partial charge in [-0.05, 0) is 31.7 Å². The average molecular weight is 279 g/mol. The van der Waals surface area contributed by atoms with Crippen molar-refractivity contribution in [2.24, 2.45) is 0 Å². The molecule has 1 amide bonds. The van der Waals surface area contributed by atoms with Crippen molar-refractivity contribution in [3.63, 3.8) is 0 Å². The minimum atomic E-state index is -0.0173. The molecule has 0 saturated heterocycles. The zero-order valence-corrected chi connectivity index (χ0v) is 12.4. The Labute approximate surface area is 120 Å². The van der Waals surface area contributed by atoms with E-state index in [1.54, 1.807) is 11.0 Å². The normalized spacial score (nSPS) is 14.8. The number of aromatic nitrogens is 1. The van der Waals surface area contributed by atoms with Gasteiger partial charge in [-0.2, -0.15) is 0 Å². The topological polar surface area (TPSA) is 71.5 Å². The lowest BCUT2D eigenvalue weighted by atomic mass is 10.1. The van der Waals surface area contributed by atoms with Gasteiger partial charge in [-0.15, -0.1) is 0 Å². The molecule has 1 aromatic rings. The molecule has 20 heavy (non-hydrogen) atoms. The molecule has 5 nitrogen and oxygen atoms in total. The van der Waals surface area contributed by atoms with Crippen molar-refractivity contribution in [3.8, 4) is 0 Å². The lowest BCUT2D eigenvalue weighted by molar-refractivity contribution is 0.0611. The van der Waals surface area contributed by atoms with Crippen LogP contribution in [0.4, 0.5) is 5.69 Å². The lowest BCUT2D eigenvalue weighted by Crippen LogP contribution is -2.42. The van der Waals surface area contributed by atoms with Gasteiger partial charge in [-0.25, -0.2) is 0 Å². The van der Waals surface area contributed by atoms with Gasteiger partial charge in [0.1, 0.15) is 5.69 Å². The van der Waals surface area contributed by atoms with Crippen molar-refractivity contribution in [2.45, 2.75) is 51.6 Å². The summed E-state index contributed by atoms with van der Waals surface area (Å²) in [6.07, 6.45) is 5.86. The predicted molar refractivity (Wildman–Crippen MR) is 79.6 cm³/mol. The third kappa shape index (κ3) is 2.98. The molecule has 1 aliphatic carbocycles. The number of hydrogen-bond acceptors (Lipinski definition) is 3. The second-order valence-electron chi connectivity index (χ2n) is 5.49. The number of aliphatic hydroxyl groups is 1. The predicted octanol–water partition coefficient (Wildman–Crippen LogP) is 2.03. The molecule has 2 rings (SSSR count). The summed E-state index contributed by atoms with van der Waals surface area (Å²) < 4.78 is 2.00. The number of anilines is 1. The summed E-state index contributed by atoms with van der Waals surface area (Å²) in [4.78, 5) is 14.6. The zero-order valence-electron chi connectivity index (χ0n) is 12.4. The highest BCUT2D eigenvalue weighted by Crippen LogP contribution is 2.37. The summed E-state index contributed by atoms with van der Waals surface area (Å²) in [5.74, 6) is -0.0173. The molecule has 5 heteroatoms. The number of nitrogens with two attached hydrogens (primary N) is 1. The molecule has 0 aromatic carbocycles. The first kappa shape index (κ1) is 14.9. The maximum absolute atomic E-state index is 12.8. The first-order valence-corrected chi connectivity index (χ1v) is 7.51. The van der Waals surface area contributed by atoms with Crippen molar-refractivity contribution >= 4 is 11.6 Å². The summed E-state index contributed by atoms with van der Waals surface area (Å²) in [5, 5.41) is 9.24. The molecule has 0 bridgehead atoms. The van der Waals surface area contributed by atoms with Crippen LogP contribution in [0.2, 0.25) is 0 Å². The highest BCUT2D eigenvalue weighted by atomic mass is 16.3. The Morgan fingerprint density at radius 2 is 2.15 bits per heavy atom. The van der Waals surface area contributed by atoms with E-state index in [2.05, 4.69) is 13.8 Å². The van der Waals surface area contributed by atoms with Gasteiger partial charge < -0.3 is 20.3 Å². The van der Waals surface area contributed by atoms with E-state index < -0.39 is 0 Å². The molecule has 0 unspecified atom stereocenters. The minimum Gasteiger partial charge on any atom is -0.397 e. The summed E-state index contributed by atoms with van der Waals surface area (Å²) in [7, 11) is 0. The molecule has 1 aliphatic rings. The molecular formula is C15H25N3O2. The molecule has 3 N–H and O–H groups in total.